The third-order valence-electron chi connectivity index (χ3n) is 4.02. The van der Waals surface area contributed by atoms with E-state index in [0.29, 0.717) is 18.0 Å². The Kier molecular flexibility index (Phi) is 8.02. The standard InChI is InChI=1S/C20H22N2O6S/c1-4-27-16-8-5-14(6-9-16)12-21(2)19(23)13-28-20(24)15-7-10-18(29-3)17(11-15)22(25)26/h5-11H,4,12-13H2,1-3H3. The van der Waals surface area contributed by atoms with Crippen molar-refractivity contribution in [3.05, 3.63) is 63.7 Å². The van der Waals surface area contributed by atoms with Gasteiger partial charge in [-0.05, 0) is 43.0 Å². The van der Waals surface area contributed by atoms with Crippen molar-refractivity contribution >= 4 is 29.3 Å². The van der Waals surface area contributed by atoms with Crippen molar-refractivity contribution in [1.29, 1.82) is 0 Å². The van der Waals surface area contributed by atoms with Gasteiger partial charge in [0.1, 0.15) is 5.75 Å². The Morgan fingerprint density at radius 2 is 1.86 bits per heavy atom. The van der Waals surface area contributed by atoms with Crippen molar-refractivity contribution in [2.75, 3.05) is 26.5 Å². The van der Waals surface area contributed by atoms with Crippen LogP contribution in [0.2, 0.25) is 0 Å². The number of nitro benzene ring substituents is 1. The number of benzene rings is 2. The van der Waals surface area contributed by atoms with E-state index in [4.69, 9.17) is 9.47 Å². The van der Waals surface area contributed by atoms with Crippen LogP contribution in [0.4, 0.5) is 5.69 Å². The molecule has 9 heteroatoms. The predicted molar refractivity (Wildman–Crippen MR) is 109 cm³/mol. The summed E-state index contributed by atoms with van der Waals surface area (Å²) in [6.45, 7) is 2.37. The van der Waals surface area contributed by atoms with Crippen molar-refractivity contribution in [3.63, 3.8) is 0 Å². The molecule has 0 heterocycles. The second-order valence-electron chi connectivity index (χ2n) is 6.05. The van der Waals surface area contributed by atoms with Crippen LogP contribution in [0.1, 0.15) is 22.8 Å². The summed E-state index contributed by atoms with van der Waals surface area (Å²) < 4.78 is 10.4. The highest BCUT2D eigenvalue weighted by Crippen LogP contribution is 2.28. The quantitative estimate of drug-likeness (QED) is 0.266. The first-order valence-corrected chi connectivity index (χ1v) is 10.0. The normalized spacial score (nSPS) is 10.3. The summed E-state index contributed by atoms with van der Waals surface area (Å²) in [6, 6.07) is 11.4. The van der Waals surface area contributed by atoms with Crippen LogP contribution < -0.4 is 4.74 Å². The van der Waals surface area contributed by atoms with Gasteiger partial charge in [-0.15, -0.1) is 11.8 Å². The summed E-state index contributed by atoms with van der Waals surface area (Å²) >= 11 is 1.21. The summed E-state index contributed by atoms with van der Waals surface area (Å²) in [5.41, 5.74) is 0.751. The maximum atomic E-state index is 12.2. The van der Waals surface area contributed by atoms with Gasteiger partial charge in [-0.3, -0.25) is 14.9 Å². The molecule has 0 saturated heterocycles. The molecule has 29 heavy (non-hydrogen) atoms. The summed E-state index contributed by atoms with van der Waals surface area (Å²) in [5.74, 6) is -0.424. The minimum Gasteiger partial charge on any atom is -0.494 e. The lowest BCUT2D eigenvalue weighted by molar-refractivity contribution is -0.387. The molecule has 2 aromatic carbocycles. The van der Waals surface area contributed by atoms with E-state index in [1.54, 1.807) is 13.3 Å². The second-order valence-corrected chi connectivity index (χ2v) is 6.89. The molecule has 0 spiro atoms. The zero-order chi connectivity index (χ0) is 21.4. The average Bonchev–Trinajstić information content (AvgIpc) is 2.72. The summed E-state index contributed by atoms with van der Waals surface area (Å²) in [4.78, 5) is 36.8. The number of rotatable bonds is 9. The van der Waals surface area contributed by atoms with Crippen molar-refractivity contribution in [2.45, 2.75) is 18.4 Å². The van der Waals surface area contributed by atoms with Gasteiger partial charge in [-0.2, -0.15) is 0 Å². The molecule has 0 aliphatic rings. The monoisotopic (exact) mass is 418 g/mol. The third kappa shape index (κ3) is 6.21. The van der Waals surface area contributed by atoms with Crippen LogP contribution in [0.15, 0.2) is 47.4 Å². The van der Waals surface area contributed by atoms with E-state index in [1.807, 2.05) is 31.2 Å². The van der Waals surface area contributed by atoms with Gasteiger partial charge < -0.3 is 14.4 Å². The van der Waals surface area contributed by atoms with Gasteiger partial charge in [0, 0.05) is 19.7 Å². The van der Waals surface area contributed by atoms with E-state index >= 15 is 0 Å². The Morgan fingerprint density at radius 3 is 2.45 bits per heavy atom. The molecule has 0 aliphatic heterocycles. The molecule has 0 saturated carbocycles. The number of esters is 1. The van der Waals surface area contributed by atoms with Crippen LogP contribution in [0, 0.1) is 10.1 Å². The number of likely N-dealkylation sites (N-methyl/N-ethyl adjacent to an activating group) is 1. The van der Waals surface area contributed by atoms with Crippen LogP contribution in [0.25, 0.3) is 0 Å². The number of hydrogen-bond acceptors (Lipinski definition) is 7. The van der Waals surface area contributed by atoms with E-state index in [9.17, 15) is 19.7 Å². The topological polar surface area (TPSA) is 99.0 Å². The highest BCUT2D eigenvalue weighted by atomic mass is 32.2. The number of hydrogen-bond donors (Lipinski definition) is 0. The molecular formula is C20H22N2O6S. The van der Waals surface area contributed by atoms with E-state index in [1.165, 1.54) is 28.8 Å². The maximum Gasteiger partial charge on any atom is 0.338 e. The molecular weight excluding hydrogens is 396 g/mol. The molecule has 0 radical (unpaired) electrons. The second kappa shape index (κ2) is 10.5. The van der Waals surface area contributed by atoms with Gasteiger partial charge in [0.05, 0.1) is 22.0 Å². The molecule has 0 fully saturated rings. The van der Waals surface area contributed by atoms with E-state index in [-0.39, 0.29) is 17.2 Å². The number of nitrogens with zero attached hydrogens (tertiary/aromatic N) is 2. The molecule has 8 nitrogen and oxygen atoms in total. The molecule has 2 rings (SSSR count). The molecule has 1 amide bonds. The minimum absolute atomic E-state index is 0.0245. The largest absolute Gasteiger partial charge is 0.494 e. The number of ether oxygens (including phenoxy) is 2. The average molecular weight is 418 g/mol. The molecule has 154 valence electrons. The summed E-state index contributed by atoms with van der Waals surface area (Å²) in [7, 11) is 1.60. The SMILES string of the molecule is CCOc1ccc(CN(C)C(=O)COC(=O)c2ccc(SC)c([N+](=O)[O-])c2)cc1. The van der Waals surface area contributed by atoms with Gasteiger partial charge in [-0.1, -0.05) is 12.1 Å². The van der Waals surface area contributed by atoms with Crippen LogP contribution >= 0.6 is 11.8 Å². The number of amides is 1. The van der Waals surface area contributed by atoms with E-state index in [2.05, 4.69) is 0 Å². The third-order valence-corrected chi connectivity index (χ3v) is 4.80. The molecule has 0 atom stereocenters. The Labute approximate surface area is 172 Å². The summed E-state index contributed by atoms with van der Waals surface area (Å²) in [6.07, 6.45) is 1.71. The number of nitro groups is 1. The molecule has 0 aromatic heterocycles. The number of thioether (sulfide) groups is 1. The number of carbonyl (C=O) groups is 2. The minimum atomic E-state index is -0.788. The van der Waals surface area contributed by atoms with Gasteiger partial charge in [0.15, 0.2) is 6.61 Å². The molecule has 0 unspecified atom stereocenters. The first-order valence-electron chi connectivity index (χ1n) is 8.81. The summed E-state index contributed by atoms with van der Waals surface area (Å²) in [5, 5.41) is 11.1. The molecule has 0 aliphatic carbocycles. The van der Waals surface area contributed by atoms with Crippen LogP contribution in [0.5, 0.6) is 5.75 Å². The van der Waals surface area contributed by atoms with Gasteiger partial charge in [0.25, 0.3) is 11.6 Å². The van der Waals surface area contributed by atoms with Crippen molar-refractivity contribution in [3.8, 4) is 5.75 Å². The van der Waals surface area contributed by atoms with Crippen LogP contribution in [0.3, 0.4) is 0 Å². The van der Waals surface area contributed by atoms with E-state index < -0.39 is 17.5 Å². The van der Waals surface area contributed by atoms with Gasteiger partial charge in [-0.25, -0.2) is 4.79 Å². The van der Waals surface area contributed by atoms with Crippen molar-refractivity contribution < 1.29 is 24.0 Å². The lowest BCUT2D eigenvalue weighted by Gasteiger charge is -2.17. The lowest BCUT2D eigenvalue weighted by Crippen LogP contribution is -2.30. The predicted octanol–water partition coefficient (Wildman–Crippen LogP) is 3.53. The fourth-order valence-corrected chi connectivity index (χ4v) is 3.05. The van der Waals surface area contributed by atoms with Crippen LogP contribution in [-0.4, -0.2) is 48.2 Å². The first-order chi connectivity index (χ1) is 13.8. The van der Waals surface area contributed by atoms with Crippen LogP contribution in [-0.2, 0) is 16.1 Å². The Hall–Kier alpha value is -3.07. The van der Waals surface area contributed by atoms with Crippen molar-refractivity contribution in [1.82, 2.24) is 4.90 Å². The van der Waals surface area contributed by atoms with Crippen molar-refractivity contribution in [2.24, 2.45) is 0 Å². The van der Waals surface area contributed by atoms with E-state index in [0.717, 1.165) is 17.4 Å². The maximum absolute atomic E-state index is 12.2. The zero-order valence-corrected chi connectivity index (χ0v) is 17.2. The zero-order valence-electron chi connectivity index (χ0n) is 16.4. The fraction of sp³-hybridized carbons (Fsp3) is 0.300. The molecule has 0 bridgehead atoms. The highest BCUT2D eigenvalue weighted by Gasteiger charge is 2.19. The molecule has 0 N–H and O–H groups in total. The number of carbonyl (C=O) groups excluding carboxylic acids is 2. The Morgan fingerprint density at radius 1 is 1.17 bits per heavy atom. The smallest absolute Gasteiger partial charge is 0.338 e. The van der Waals surface area contributed by atoms with Gasteiger partial charge in [0.2, 0.25) is 0 Å². The molecule has 2 aromatic rings. The van der Waals surface area contributed by atoms with Gasteiger partial charge >= 0.3 is 5.97 Å². The highest BCUT2D eigenvalue weighted by molar-refractivity contribution is 7.98. The Bertz CT molecular complexity index is 885. The lowest BCUT2D eigenvalue weighted by atomic mass is 10.2. The Balaban J connectivity index is 1.93. The first kappa shape index (κ1) is 22.2. The fourth-order valence-electron chi connectivity index (χ4n) is 2.50.